The van der Waals surface area contributed by atoms with Gasteiger partial charge in [0.2, 0.25) is 5.89 Å². The number of carbonyl (C=O) groups is 1. The van der Waals surface area contributed by atoms with Crippen LogP contribution in [0, 0.1) is 0 Å². The van der Waals surface area contributed by atoms with Crippen molar-refractivity contribution in [2.45, 2.75) is 6.61 Å². The Morgan fingerprint density at radius 1 is 1.25 bits per heavy atom. The van der Waals surface area contributed by atoms with Crippen LogP contribution in [0.5, 0.6) is 5.75 Å². The molecule has 8 heteroatoms. The van der Waals surface area contributed by atoms with E-state index in [1.165, 1.54) is 18.2 Å². The highest BCUT2D eigenvalue weighted by Gasteiger charge is 2.16. The highest BCUT2D eigenvalue weighted by molar-refractivity contribution is 9.10. The van der Waals surface area contributed by atoms with Crippen LogP contribution in [-0.2, 0) is 11.3 Å². The zero-order chi connectivity index (χ0) is 17.1. The molecule has 0 aliphatic rings. The first-order valence-corrected chi connectivity index (χ1v) is 7.94. The molecule has 1 aromatic heterocycles. The van der Waals surface area contributed by atoms with Crippen molar-refractivity contribution >= 4 is 33.5 Å². The molecular weight excluding hydrogens is 400 g/mol. The van der Waals surface area contributed by atoms with Crippen LogP contribution in [0.3, 0.4) is 0 Å². The van der Waals surface area contributed by atoms with Gasteiger partial charge in [-0.3, -0.25) is 0 Å². The second-order valence-corrected chi connectivity index (χ2v) is 6.01. The Kier molecular flexibility index (Phi) is 4.82. The van der Waals surface area contributed by atoms with Gasteiger partial charge in [-0.15, -0.1) is 10.2 Å². The highest BCUT2D eigenvalue weighted by Crippen LogP contribution is 2.27. The third kappa shape index (κ3) is 3.58. The van der Waals surface area contributed by atoms with E-state index in [0.29, 0.717) is 10.9 Å². The molecule has 0 atom stereocenters. The summed E-state index contributed by atoms with van der Waals surface area (Å²) in [7, 11) is 0. The van der Waals surface area contributed by atoms with Crippen molar-refractivity contribution in [3.8, 4) is 17.2 Å². The molecule has 3 aromatic rings. The Morgan fingerprint density at radius 3 is 2.83 bits per heavy atom. The molecule has 122 valence electrons. The van der Waals surface area contributed by atoms with Gasteiger partial charge in [0, 0.05) is 9.50 Å². The van der Waals surface area contributed by atoms with Gasteiger partial charge < -0.3 is 14.3 Å². The standard InChI is InChI=1S/C16H10BrClN2O4/c17-12-4-2-1-3-10(12)15-20-19-14(24-15)8-23-16(22)11-7-9(18)5-6-13(11)21/h1-7,21H,8H2. The summed E-state index contributed by atoms with van der Waals surface area (Å²) >= 11 is 9.20. The lowest BCUT2D eigenvalue weighted by atomic mass is 10.2. The summed E-state index contributed by atoms with van der Waals surface area (Å²) < 4.78 is 11.3. The van der Waals surface area contributed by atoms with Crippen LogP contribution in [0.4, 0.5) is 0 Å². The van der Waals surface area contributed by atoms with Crippen LogP contribution < -0.4 is 0 Å². The lowest BCUT2D eigenvalue weighted by molar-refractivity contribution is 0.0435. The van der Waals surface area contributed by atoms with Crippen molar-refractivity contribution in [1.29, 1.82) is 0 Å². The number of aromatic nitrogens is 2. The number of phenolic OH excluding ortho intramolecular Hbond substituents is 1. The smallest absolute Gasteiger partial charge is 0.342 e. The third-order valence-electron chi connectivity index (χ3n) is 3.08. The molecule has 0 radical (unpaired) electrons. The van der Waals surface area contributed by atoms with Crippen LogP contribution in [0.15, 0.2) is 51.4 Å². The molecule has 0 spiro atoms. The van der Waals surface area contributed by atoms with Gasteiger partial charge in [-0.1, -0.05) is 23.7 Å². The largest absolute Gasteiger partial charge is 0.507 e. The second-order valence-electron chi connectivity index (χ2n) is 4.72. The fourth-order valence-electron chi connectivity index (χ4n) is 1.93. The van der Waals surface area contributed by atoms with E-state index in [1.54, 1.807) is 0 Å². The van der Waals surface area contributed by atoms with Crippen molar-refractivity contribution < 1.29 is 19.1 Å². The second kappa shape index (κ2) is 7.02. The van der Waals surface area contributed by atoms with Crippen molar-refractivity contribution in [2.24, 2.45) is 0 Å². The van der Waals surface area contributed by atoms with Gasteiger partial charge in [-0.05, 0) is 46.3 Å². The molecular formula is C16H10BrClN2O4. The molecule has 0 saturated carbocycles. The molecule has 0 bridgehead atoms. The van der Waals surface area contributed by atoms with Crippen molar-refractivity contribution in [3.63, 3.8) is 0 Å². The van der Waals surface area contributed by atoms with E-state index in [-0.39, 0.29) is 23.8 Å². The van der Waals surface area contributed by atoms with E-state index in [0.717, 1.165) is 10.0 Å². The quantitative estimate of drug-likeness (QED) is 0.650. The number of benzene rings is 2. The minimum Gasteiger partial charge on any atom is -0.507 e. The maximum atomic E-state index is 12.0. The number of halogens is 2. The molecule has 6 nitrogen and oxygen atoms in total. The van der Waals surface area contributed by atoms with Gasteiger partial charge in [0.1, 0.15) is 11.3 Å². The van der Waals surface area contributed by atoms with Gasteiger partial charge in [0.15, 0.2) is 6.61 Å². The first-order chi connectivity index (χ1) is 11.5. The molecule has 1 heterocycles. The number of esters is 1. The molecule has 3 rings (SSSR count). The number of nitrogens with zero attached hydrogens (tertiary/aromatic N) is 2. The predicted molar refractivity (Wildman–Crippen MR) is 89.7 cm³/mol. The summed E-state index contributed by atoms with van der Waals surface area (Å²) in [5.41, 5.74) is 0.697. The summed E-state index contributed by atoms with van der Waals surface area (Å²) in [6.07, 6.45) is 0. The number of rotatable bonds is 4. The number of hydrogen-bond acceptors (Lipinski definition) is 6. The SMILES string of the molecule is O=C(OCc1nnc(-c2ccccc2Br)o1)c1cc(Cl)ccc1O. The van der Waals surface area contributed by atoms with Crippen molar-refractivity contribution in [1.82, 2.24) is 10.2 Å². The first-order valence-electron chi connectivity index (χ1n) is 6.77. The van der Waals surface area contributed by atoms with Gasteiger partial charge in [-0.25, -0.2) is 4.79 Å². The Labute approximate surface area is 150 Å². The summed E-state index contributed by atoms with van der Waals surface area (Å²) in [6, 6.07) is 11.5. The van der Waals surface area contributed by atoms with Crippen molar-refractivity contribution in [2.75, 3.05) is 0 Å². The first kappa shape index (κ1) is 16.5. The normalized spacial score (nSPS) is 10.6. The van der Waals surface area contributed by atoms with E-state index in [4.69, 9.17) is 20.8 Å². The molecule has 0 aliphatic heterocycles. The number of carbonyl (C=O) groups excluding carboxylic acids is 1. The van der Waals surface area contributed by atoms with Gasteiger partial charge in [-0.2, -0.15) is 0 Å². The van der Waals surface area contributed by atoms with Gasteiger partial charge in [0.05, 0.1) is 5.56 Å². The molecule has 0 unspecified atom stereocenters. The fourth-order valence-corrected chi connectivity index (χ4v) is 2.56. The van der Waals surface area contributed by atoms with Crippen molar-refractivity contribution in [3.05, 3.63) is 63.4 Å². The van der Waals surface area contributed by atoms with Gasteiger partial charge >= 0.3 is 5.97 Å². The maximum absolute atomic E-state index is 12.0. The number of hydrogen-bond donors (Lipinski definition) is 1. The molecule has 0 aliphatic carbocycles. The summed E-state index contributed by atoms with van der Waals surface area (Å²) in [4.78, 5) is 12.0. The Balaban J connectivity index is 1.71. The predicted octanol–water partition coefficient (Wildman–Crippen LogP) is 4.22. The Morgan fingerprint density at radius 2 is 2.04 bits per heavy atom. The molecule has 0 fully saturated rings. The zero-order valence-corrected chi connectivity index (χ0v) is 14.4. The average Bonchev–Trinajstić information content (AvgIpc) is 3.04. The van der Waals surface area contributed by atoms with E-state index in [2.05, 4.69) is 26.1 Å². The van der Waals surface area contributed by atoms with Crippen LogP contribution in [0.25, 0.3) is 11.5 Å². The Hall–Kier alpha value is -2.38. The average molecular weight is 410 g/mol. The fraction of sp³-hybridized carbons (Fsp3) is 0.0625. The Bertz CT molecular complexity index is 897. The van der Waals surface area contributed by atoms with E-state index >= 15 is 0 Å². The molecule has 24 heavy (non-hydrogen) atoms. The molecule has 1 N–H and O–H groups in total. The monoisotopic (exact) mass is 408 g/mol. The van der Waals surface area contributed by atoms with Crippen LogP contribution in [0.2, 0.25) is 5.02 Å². The summed E-state index contributed by atoms with van der Waals surface area (Å²) in [6.45, 7) is -0.220. The lowest BCUT2D eigenvalue weighted by Gasteiger charge is -2.04. The topological polar surface area (TPSA) is 85.5 Å². The zero-order valence-electron chi connectivity index (χ0n) is 12.1. The molecule has 2 aromatic carbocycles. The third-order valence-corrected chi connectivity index (χ3v) is 4.00. The molecule has 0 amide bonds. The molecule has 0 saturated heterocycles. The van der Waals surface area contributed by atoms with Crippen LogP contribution in [-0.4, -0.2) is 21.3 Å². The minimum atomic E-state index is -0.740. The van der Waals surface area contributed by atoms with E-state index < -0.39 is 5.97 Å². The van der Waals surface area contributed by atoms with Gasteiger partial charge in [0.25, 0.3) is 5.89 Å². The van der Waals surface area contributed by atoms with E-state index in [1.807, 2.05) is 24.3 Å². The minimum absolute atomic E-state index is 0.0342. The summed E-state index contributed by atoms with van der Waals surface area (Å²) in [5, 5.41) is 17.7. The summed E-state index contributed by atoms with van der Waals surface area (Å²) in [5.74, 6) is -0.519. The maximum Gasteiger partial charge on any atom is 0.342 e. The van der Waals surface area contributed by atoms with Crippen LogP contribution >= 0.6 is 27.5 Å². The number of aromatic hydroxyl groups is 1. The highest BCUT2D eigenvalue weighted by atomic mass is 79.9. The lowest BCUT2D eigenvalue weighted by Crippen LogP contribution is -2.05. The van der Waals surface area contributed by atoms with E-state index in [9.17, 15) is 9.90 Å². The number of ether oxygens (including phenoxy) is 1. The number of phenols is 1. The van der Waals surface area contributed by atoms with Crippen LogP contribution in [0.1, 0.15) is 16.2 Å².